The Kier molecular flexibility index (Phi) is 6.97. The van der Waals surface area contributed by atoms with E-state index in [9.17, 15) is 20.0 Å². The van der Waals surface area contributed by atoms with Gasteiger partial charge >= 0.3 is 0 Å². The van der Waals surface area contributed by atoms with E-state index < -0.39 is 11.0 Å². The lowest BCUT2D eigenvalue weighted by Gasteiger charge is -2.38. The predicted octanol–water partition coefficient (Wildman–Crippen LogP) is 2.90. The first-order valence-corrected chi connectivity index (χ1v) is 11.2. The van der Waals surface area contributed by atoms with E-state index in [-0.39, 0.29) is 34.8 Å². The molecular formula is C22H24Cl2N4O4. The minimum atomic E-state index is -0.663. The topological polar surface area (TPSA) is 90.2 Å². The molecule has 2 aromatic rings. The number of carbonyl (C=O) groups is 1. The van der Waals surface area contributed by atoms with Gasteiger partial charge < -0.3 is 10.0 Å². The number of amides is 1. The monoisotopic (exact) mass is 478 g/mol. The average Bonchev–Trinajstić information content (AvgIpc) is 3.17. The fraction of sp³-hybridized carbons (Fsp3) is 0.409. The van der Waals surface area contributed by atoms with Gasteiger partial charge in [0, 0.05) is 62.5 Å². The molecule has 0 radical (unpaired) electrons. The molecule has 4 rings (SSSR count). The third-order valence-corrected chi connectivity index (χ3v) is 6.70. The molecule has 2 atom stereocenters. The third kappa shape index (κ3) is 5.05. The number of hydrogen-bond donors (Lipinski definition) is 1. The first kappa shape index (κ1) is 22.9. The fourth-order valence-electron chi connectivity index (χ4n) is 4.36. The average molecular weight is 479 g/mol. The molecule has 2 aromatic carbocycles. The lowest BCUT2D eigenvalue weighted by molar-refractivity contribution is -0.384. The van der Waals surface area contributed by atoms with Gasteiger partial charge in [-0.3, -0.25) is 24.7 Å². The molecule has 2 saturated heterocycles. The molecule has 8 nitrogen and oxygen atoms in total. The molecule has 0 aromatic heterocycles. The lowest BCUT2D eigenvalue weighted by Crippen LogP contribution is -2.53. The van der Waals surface area contributed by atoms with E-state index in [0.717, 1.165) is 37.7 Å². The highest BCUT2D eigenvalue weighted by atomic mass is 35.5. The Labute approximate surface area is 196 Å². The van der Waals surface area contributed by atoms with E-state index in [1.807, 2.05) is 24.3 Å². The number of likely N-dealkylation sites (tertiary alicyclic amines) is 1. The number of aliphatic hydroxyl groups excluding tert-OH is 1. The first-order valence-electron chi connectivity index (χ1n) is 10.4. The summed E-state index contributed by atoms with van der Waals surface area (Å²) in [7, 11) is 0. The molecule has 0 aliphatic carbocycles. The van der Waals surface area contributed by atoms with Crippen molar-refractivity contribution < 1.29 is 14.8 Å². The Hall–Kier alpha value is -2.23. The molecule has 32 heavy (non-hydrogen) atoms. The molecule has 170 valence electrons. The van der Waals surface area contributed by atoms with Crippen molar-refractivity contribution in [2.45, 2.75) is 18.7 Å². The summed E-state index contributed by atoms with van der Waals surface area (Å²) in [5, 5.41) is 22.5. The van der Waals surface area contributed by atoms with Crippen LogP contribution in [0.4, 0.5) is 5.69 Å². The third-order valence-electron chi connectivity index (χ3n) is 6.13. The van der Waals surface area contributed by atoms with Crippen LogP contribution in [0.15, 0.2) is 42.5 Å². The second-order valence-electron chi connectivity index (χ2n) is 8.21. The van der Waals surface area contributed by atoms with Gasteiger partial charge in [-0.2, -0.15) is 0 Å². The van der Waals surface area contributed by atoms with Crippen molar-refractivity contribution in [2.24, 2.45) is 0 Å². The molecule has 2 aliphatic rings. The summed E-state index contributed by atoms with van der Waals surface area (Å²) in [6, 6.07) is 11.7. The zero-order valence-electron chi connectivity index (χ0n) is 17.4. The van der Waals surface area contributed by atoms with Gasteiger partial charge in [0.2, 0.25) is 0 Å². The Balaban J connectivity index is 1.34. The van der Waals surface area contributed by atoms with Crippen LogP contribution < -0.4 is 0 Å². The van der Waals surface area contributed by atoms with Crippen LogP contribution in [0.2, 0.25) is 10.0 Å². The molecule has 2 fully saturated rings. The maximum absolute atomic E-state index is 12.9. The van der Waals surface area contributed by atoms with Crippen molar-refractivity contribution in [1.29, 1.82) is 0 Å². The second-order valence-corrected chi connectivity index (χ2v) is 9.05. The molecule has 0 unspecified atom stereocenters. The first-order chi connectivity index (χ1) is 15.3. The van der Waals surface area contributed by atoms with E-state index in [0.29, 0.717) is 6.54 Å². The van der Waals surface area contributed by atoms with Gasteiger partial charge in [0.15, 0.2) is 0 Å². The minimum absolute atomic E-state index is 0.0117. The van der Waals surface area contributed by atoms with Crippen LogP contribution in [0.5, 0.6) is 0 Å². The number of nitrogens with zero attached hydrogens (tertiary/aromatic N) is 4. The molecule has 1 amide bonds. The number of benzene rings is 2. The fourth-order valence-corrected chi connectivity index (χ4v) is 4.68. The maximum atomic E-state index is 12.9. The van der Waals surface area contributed by atoms with E-state index in [4.69, 9.17) is 23.2 Å². The van der Waals surface area contributed by atoms with Crippen LogP contribution in [0.3, 0.4) is 0 Å². The highest BCUT2D eigenvalue weighted by molar-refractivity contribution is 6.32. The number of aliphatic hydroxyl groups is 1. The number of nitro benzene ring substituents is 1. The van der Waals surface area contributed by atoms with Crippen LogP contribution >= 0.6 is 23.2 Å². The molecule has 10 heteroatoms. The van der Waals surface area contributed by atoms with Crippen molar-refractivity contribution in [2.75, 3.05) is 39.3 Å². The highest BCUT2D eigenvalue weighted by Gasteiger charge is 2.39. The largest absolute Gasteiger partial charge is 0.390 e. The Bertz CT molecular complexity index is 996. The second kappa shape index (κ2) is 9.72. The summed E-state index contributed by atoms with van der Waals surface area (Å²) in [6.07, 6.45) is -0.663. The number of carbonyl (C=O) groups excluding carboxylic acids is 1. The Morgan fingerprint density at radius 1 is 1.06 bits per heavy atom. The van der Waals surface area contributed by atoms with E-state index in [1.165, 1.54) is 23.8 Å². The van der Waals surface area contributed by atoms with Crippen LogP contribution in [-0.4, -0.2) is 82.1 Å². The van der Waals surface area contributed by atoms with Gasteiger partial charge in [-0.1, -0.05) is 35.3 Å². The van der Waals surface area contributed by atoms with Crippen LogP contribution in [0.1, 0.15) is 15.9 Å². The summed E-state index contributed by atoms with van der Waals surface area (Å²) in [5.41, 5.74) is 1.10. The zero-order valence-corrected chi connectivity index (χ0v) is 18.9. The smallest absolute Gasteiger partial charge is 0.288 e. The molecule has 0 bridgehead atoms. The lowest BCUT2D eigenvalue weighted by atomic mass is 10.1. The van der Waals surface area contributed by atoms with Gasteiger partial charge in [0.05, 0.1) is 17.1 Å². The normalized spacial score (nSPS) is 22.3. The number of hydrogen-bond acceptors (Lipinski definition) is 6. The quantitative estimate of drug-likeness (QED) is 0.524. The van der Waals surface area contributed by atoms with Crippen LogP contribution in [0.25, 0.3) is 0 Å². The number of piperazine rings is 1. The molecule has 2 aliphatic heterocycles. The van der Waals surface area contributed by atoms with Gasteiger partial charge in [-0.25, -0.2) is 0 Å². The molecular weight excluding hydrogens is 455 g/mol. The van der Waals surface area contributed by atoms with E-state index in [1.54, 1.807) is 4.90 Å². The van der Waals surface area contributed by atoms with Crippen molar-refractivity contribution in [1.82, 2.24) is 14.7 Å². The van der Waals surface area contributed by atoms with E-state index in [2.05, 4.69) is 9.80 Å². The summed E-state index contributed by atoms with van der Waals surface area (Å²) in [5.74, 6) is -0.340. The molecule has 2 heterocycles. The number of nitro groups is 1. The van der Waals surface area contributed by atoms with Crippen LogP contribution in [-0.2, 0) is 6.54 Å². The Morgan fingerprint density at radius 3 is 2.41 bits per heavy atom. The zero-order chi connectivity index (χ0) is 22.8. The van der Waals surface area contributed by atoms with Gasteiger partial charge in [-0.15, -0.1) is 0 Å². The number of halogens is 2. The summed E-state index contributed by atoms with van der Waals surface area (Å²) < 4.78 is 0. The highest BCUT2D eigenvalue weighted by Crippen LogP contribution is 2.27. The van der Waals surface area contributed by atoms with Crippen LogP contribution in [0, 0.1) is 10.1 Å². The van der Waals surface area contributed by atoms with Gasteiger partial charge in [0.1, 0.15) is 5.02 Å². The molecule has 0 spiro atoms. The summed E-state index contributed by atoms with van der Waals surface area (Å²) in [6.45, 7) is 4.75. The standard InChI is InChI=1S/C22H24Cl2N4O4/c23-17-4-1-15(2-5-17)12-25-7-9-26(10-8-25)20-13-27(14-21(20)29)22(30)16-3-6-18(24)19(11-16)28(31)32/h1-6,11,20-21,29H,7-10,12-14H2/t20-,21-/m1/s1. The Morgan fingerprint density at radius 2 is 1.75 bits per heavy atom. The van der Waals surface area contributed by atoms with Crippen molar-refractivity contribution in [3.05, 3.63) is 73.8 Å². The van der Waals surface area contributed by atoms with E-state index >= 15 is 0 Å². The van der Waals surface area contributed by atoms with Crippen molar-refractivity contribution in [3.63, 3.8) is 0 Å². The summed E-state index contributed by atoms with van der Waals surface area (Å²) in [4.78, 5) is 29.6. The van der Waals surface area contributed by atoms with Gasteiger partial charge in [-0.05, 0) is 29.8 Å². The summed E-state index contributed by atoms with van der Waals surface area (Å²) >= 11 is 11.8. The molecule has 0 saturated carbocycles. The number of β-amino-alcohol motifs (C(OH)–C–C–N with tert-alkyl or cyclic N) is 1. The van der Waals surface area contributed by atoms with Gasteiger partial charge in [0.25, 0.3) is 11.6 Å². The predicted molar refractivity (Wildman–Crippen MR) is 122 cm³/mol. The number of rotatable bonds is 5. The molecule has 1 N–H and O–H groups in total. The van der Waals surface area contributed by atoms with Crippen molar-refractivity contribution >= 4 is 34.8 Å². The SMILES string of the molecule is O=C(c1ccc(Cl)c([N+](=O)[O-])c1)N1C[C@@H](O)[C@H](N2CCN(Cc3ccc(Cl)cc3)CC2)C1. The van der Waals surface area contributed by atoms with Crippen molar-refractivity contribution in [3.8, 4) is 0 Å². The minimum Gasteiger partial charge on any atom is -0.390 e. The maximum Gasteiger partial charge on any atom is 0.288 e.